The van der Waals surface area contributed by atoms with Crippen LogP contribution in [0.4, 0.5) is 4.79 Å². The number of fused-ring (bicyclic) bond motifs is 1. The second-order valence-corrected chi connectivity index (χ2v) is 7.18. The van der Waals surface area contributed by atoms with E-state index >= 15 is 0 Å². The number of benzene rings is 1. The van der Waals surface area contributed by atoms with Crippen LogP contribution < -0.4 is 14.8 Å². The minimum Gasteiger partial charge on any atom is -0.486 e. The number of urea groups is 1. The van der Waals surface area contributed by atoms with E-state index in [9.17, 15) is 19.2 Å². The number of nitrogens with zero attached hydrogens (tertiary/aromatic N) is 2. The van der Waals surface area contributed by atoms with E-state index in [1.165, 1.54) is 0 Å². The van der Waals surface area contributed by atoms with Crippen molar-refractivity contribution < 1.29 is 28.7 Å². The quantitative estimate of drug-likeness (QED) is 0.577. The lowest BCUT2D eigenvalue weighted by molar-refractivity contribution is -0.144. The number of hydrogen-bond acceptors (Lipinski definition) is 6. The summed E-state index contributed by atoms with van der Waals surface area (Å²) in [5.41, 5.74) is 0.786. The molecule has 9 nitrogen and oxygen atoms in total. The van der Waals surface area contributed by atoms with Crippen LogP contribution in [-0.4, -0.2) is 59.9 Å². The van der Waals surface area contributed by atoms with E-state index in [2.05, 4.69) is 5.32 Å². The fraction of sp³-hybridized carbons (Fsp3) is 0.474. The molecule has 1 saturated heterocycles. The molecule has 1 N–H and O–H groups in total. The molecule has 5 amide bonds. The average molecular weight is 389 g/mol. The SMILES string of the molecule is CC(C)CN1C(=O)C(=O)N(CC(=O)N[C@H](C)c2ccc3c(c2)OCCO3)C1=O. The molecule has 1 fully saturated rings. The Hall–Kier alpha value is -3.10. The molecule has 150 valence electrons. The Morgan fingerprint density at radius 3 is 2.36 bits per heavy atom. The first kappa shape index (κ1) is 19.7. The molecule has 2 heterocycles. The molecule has 3 rings (SSSR count). The minimum absolute atomic E-state index is 0.0182. The minimum atomic E-state index is -0.979. The molecule has 2 aliphatic heterocycles. The summed E-state index contributed by atoms with van der Waals surface area (Å²) >= 11 is 0. The third-order valence-electron chi connectivity index (χ3n) is 4.43. The van der Waals surface area contributed by atoms with Gasteiger partial charge in [0.1, 0.15) is 19.8 Å². The molecule has 0 bridgehead atoms. The summed E-state index contributed by atoms with van der Waals surface area (Å²) in [5, 5.41) is 2.73. The van der Waals surface area contributed by atoms with Crippen molar-refractivity contribution in [2.45, 2.75) is 26.8 Å². The van der Waals surface area contributed by atoms with Crippen LogP contribution in [0, 0.1) is 5.92 Å². The highest BCUT2D eigenvalue weighted by Gasteiger charge is 2.45. The predicted octanol–water partition coefficient (Wildman–Crippen LogP) is 1.08. The van der Waals surface area contributed by atoms with Gasteiger partial charge in [0.15, 0.2) is 11.5 Å². The summed E-state index contributed by atoms with van der Waals surface area (Å²) in [7, 11) is 0. The number of nitrogens with one attached hydrogen (secondary N) is 1. The molecule has 1 atom stereocenters. The van der Waals surface area contributed by atoms with Crippen LogP contribution in [0.2, 0.25) is 0 Å². The zero-order valence-corrected chi connectivity index (χ0v) is 16.1. The van der Waals surface area contributed by atoms with Crippen molar-refractivity contribution in [3.8, 4) is 11.5 Å². The van der Waals surface area contributed by atoms with Gasteiger partial charge in [0.25, 0.3) is 0 Å². The number of rotatable bonds is 6. The predicted molar refractivity (Wildman–Crippen MR) is 97.6 cm³/mol. The lowest BCUT2D eigenvalue weighted by atomic mass is 10.1. The van der Waals surface area contributed by atoms with Gasteiger partial charge in [-0.3, -0.25) is 19.3 Å². The standard InChI is InChI=1S/C19H23N3O6/c1-11(2)9-21-17(24)18(25)22(19(21)26)10-16(23)20-12(3)13-4-5-14-15(8-13)28-7-6-27-14/h4-5,8,11-12H,6-7,9-10H2,1-3H3,(H,20,23)/t12-/m1/s1. The molecule has 2 aliphatic rings. The second kappa shape index (κ2) is 7.87. The van der Waals surface area contributed by atoms with Gasteiger partial charge in [0.2, 0.25) is 5.91 Å². The van der Waals surface area contributed by atoms with Crippen molar-refractivity contribution in [1.29, 1.82) is 0 Å². The van der Waals surface area contributed by atoms with Gasteiger partial charge in [0.05, 0.1) is 6.04 Å². The first-order chi connectivity index (χ1) is 13.3. The Bertz CT molecular complexity index is 822. The van der Waals surface area contributed by atoms with Crippen LogP contribution in [0.1, 0.15) is 32.4 Å². The fourth-order valence-corrected chi connectivity index (χ4v) is 3.06. The summed E-state index contributed by atoms with van der Waals surface area (Å²) in [5.74, 6) is -1.15. The molecule has 0 aromatic heterocycles. The Kier molecular flexibility index (Phi) is 5.53. The topological polar surface area (TPSA) is 105 Å². The highest BCUT2D eigenvalue weighted by molar-refractivity contribution is 6.45. The van der Waals surface area contributed by atoms with Gasteiger partial charge in [-0.15, -0.1) is 0 Å². The zero-order valence-electron chi connectivity index (χ0n) is 16.1. The lowest BCUT2D eigenvalue weighted by Gasteiger charge is -2.21. The smallest absolute Gasteiger partial charge is 0.334 e. The van der Waals surface area contributed by atoms with Gasteiger partial charge >= 0.3 is 17.8 Å². The maximum Gasteiger partial charge on any atom is 0.334 e. The average Bonchev–Trinajstić information content (AvgIpc) is 2.85. The number of imide groups is 2. The van der Waals surface area contributed by atoms with E-state index in [-0.39, 0.29) is 12.5 Å². The molecule has 9 heteroatoms. The molecule has 0 radical (unpaired) electrons. The van der Waals surface area contributed by atoms with Crippen molar-refractivity contribution in [1.82, 2.24) is 15.1 Å². The first-order valence-electron chi connectivity index (χ1n) is 9.14. The molecule has 0 aliphatic carbocycles. The van der Waals surface area contributed by atoms with Crippen LogP contribution in [0.5, 0.6) is 11.5 Å². The Balaban J connectivity index is 1.63. The van der Waals surface area contributed by atoms with Crippen molar-refractivity contribution in [3.63, 3.8) is 0 Å². The highest BCUT2D eigenvalue weighted by Crippen LogP contribution is 2.32. The summed E-state index contributed by atoms with van der Waals surface area (Å²) in [4.78, 5) is 50.3. The number of amides is 5. The van der Waals surface area contributed by atoms with Crippen LogP contribution in [0.3, 0.4) is 0 Å². The number of hydrogen-bond donors (Lipinski definition) is 1. The third kappa shape index (κ3) is 3.92. The monoisotopic (exact) mass is 389 g/mol. The normalized spacial score (nSPS) is 17.4. The molecule has 1 aromatic rings. The number of ether oxygens (including phenoxy) is 2. The summed E-state index contributed by atoms with van der Waals surface area (Å²) in [6.07, 6.45) is 0. The Morgan fingerprint density at radius 1 is 1.04 bits per heavy atom. The first-order valence-corrected chi connectivity index (χ1v) is 9.14. The van der Waals surface area contributed by atoms with Crippen molar-refractivity contribution in [3.05, 3.63) is 23.8 Å². The molecule has 0 saturated carbocycles. The van der Waals surface area contributed by atoms with Gasteiger partial charge in [-0.1, -0.05) is 19.9 Å². The summed E-state index contributed by atoms with van der Waals surface area (Å²) < 4.78 is 11.0. The molecule has 28 heavy (non-hydrogen) atoms. The molecule has 0 spiro atoms. The highest BCUT2D eigenvalue weighted by atomic mass is 16.6. The van der Waals surface area contributed by atoms with E-state index in [0.717, 1.165) is 10.5 Å². The summed E-state index contributed by atoms with van der Waals surface area (Å²) in [6.45, 7) is 6.00. The Morgan fingerprint density at radius 2 is 1.68 bits per heavy atom. The van der Waals surface area contributed by atoms with Crippen LogP contribution in [-0.2, 0) is 14.4 Å². The third-order valence-corrected chi connectivity index (χ3v) is 4.43. The Labute approximate surface area is 162 Å². The van der Waals surface area contributed by atoms with Gasteiger partial charge in [-0.25, -0.2) is 9.69 Å². The van der Waals surface area contributed by atoms with Crippen molar-refractivity contribution >= 4 is 23.8 Å². The second-order valence-electron chi connectivity index (χ2n) is 7.18. The summed E-state index contributed by atoms with van der Waals surface area (Å²) in [6, 6.07) is 4.20. The van der Waals surface area contributed by atoms with E-state index in [1.807, 2.05) is 13.8 Å². The number of carbonyl (C=O) groups is 4. The van der Waals surface area contributed by atoms with Gasteiger partial charge in [-0.05, 0) is 30.5 Å². The number of carbonyl (C=O) groups excluding carboxylic acids is 4. The maximum absolute atomic E-state index is 12.4. The van der Waals surface area contributed by atoms with Crippen molar-refractivity contribution in [2.24, 2.45) is 5.92 Å². The van der Waals surface area contributed by atoms with Crippen molar-refractivity contribution in [2.75, 3.05) is 26.3 Å². The van der Waals surface area contributed by atoms with E-state index in [4.69, 9.17) is 9.47 Å². The van der Waals surface area contributed by atoms with Gasteiger partial charge in [0, 0.05) is 6.54 Å². The van der Waals surface area contributed by atoms with Crippen LogP contribution in [0.25, 0.3) is 0 Å². The van der Waals surface area contributed by atoms with E-state index in [1.54, 1.807) is 25.1 Å². The van der Waals surface area contributed by atoms with Crippen LogP contribution in [0.15, 0.2) is 18.2 Å². The van der Waals surface area contributed by atoms with E-state index < -0.39 is 36.3 Å². The van der Waals surface area contributed by atoms with E-state index in [0.29, 0.717) is 29.6 Å². The molecule has 1 aromatic carbocycles. The van der Waals surface area contributed by atoms with Gasteiger partial charge in [-0.2, -0.15) is 0 Å². The molecular weight excluding hydrogens is 366 g/mol. The van der Waals surface area contributed by atoms with Gasteiger partial charge < -0.3 is 14.8 Å². The molecular formula is C19H23N3O6. The van der Waals surface area contributed by atoms with Crippen LogP contribution >= 0.6 is 0 Å². The maximum atomic E-state index is 12.4. The largest absolute Gasteiger partial charge is 0.486 e. The molecule has 0 unspecified atom stereocenters. The fourth-order valence-electron chi connectivity index (χ4n) is 3.06. The lowest BCUT2D eigenvalue weighted by Crippen LogP contribution is -2.42. The zero-order chi connectivity index (χ0) is 20.4.